The molecule has 63 heavy (non-hydrogen) atoms. The van der Waals surface area contributed by atoms with Gasteiger partial charge in [0.25, 0.3) is 0 Å². The van der Waals surface area contributed by atoms with Crippen molar-refractivity contribution in [3.05, 3.63) is 102 Å². The monoisotopic (exact) mass is 849 g/mol. The van der Waals surface area contributed by atoms with Crippen molar-refractivity contribution in [3.8, 4) is 22.5 Å². The number of hydrogen-bond acceptors (Lipinski definition) is 11. The highest BCUT2D eigenvalue weighted by atomic mass is 16.5. The van der Waals surface area contributed by atoms with E-state index in [0.717, 1.165) is 101 Å². The fourth-order valence-electron chi connectivity index (χ4n) is 8.55. The lowest BCUT2D eigenvalue weighted by Crippen LogP contribution is -2.52. The fourth-order valence-corrected chi connectivity index (χ4v) is 8.55. The van der Waals surface area contributed by atoms with Crippen LogP contribution in [0.5, 0.6) is 0 Å². The Morgan fingerprint density at radius 3 is 2.25 bits per heavy atom. The van der Waals surface area contributed by atoms with Crippen LogP contribution in [-0.4, -0.2) is 99.6 Å². The Morgan fingerprint density at radius 1 is 0.841 bits per heavy atom. The van der Waals surface area contributed by atoms with E-state index in [0.29, 0.717) is 44.3 Å². The maximum absolute atomic E-state index is 13.4. The van der Waals surface area contributed by atoms with E-state index >= 15 is 0 Å². The standard InChI is InChI=1S/C47H51N11O5/c1-29-23-32(5-6-33(29)25-48-43(61)44-53-45(54-63-44)47(2,3)4)41-37-24-38(51-42(37)50-28-49-41)31-7-9-35(10-8-31)56-21-22-57(40(60)27-56)26-30-15-18-55(19-16-30)34-11-13-36(14-12-34)58-20-17-39(59)52-46(58)62/h5-14,23-24,28,30H,15-22,25-27H2,1-4H3,(H,48,61)(H,49,50,51)(H,52,59,62). The summed E-state index contributed by atoms with van der Waals surface area (Å²) in [5.74, 6) is 0.363. The van der Waals surface area contributed by atoms with Gasteiger partial charge in [0.2, 0.25) is 11.8 Å². The van der Waals surface area contributed by atoms with Gasteiger partial charge >= 0.3 is 17.8 Å². The minimum absolute atomic E-state index is 0.0563. The summed E-state index contributed by atoms with van der Waals surface area (Å²) in [5, 5.41) is 10.1. The smallest absolute Gasteiger partial charge is 0.328 e. The summed E-state index contributed by atoms with van der Waals surface area (Å²) in [6, 6.07) is 24.0. The number of anilines is 3. The Balaban J connectivity index is 0.773. The Bertz CT molecular complexity index is 2680. The van der Waals surface area contributed by atoms with Gasteiger partial charge in [-0.1, -0.05) is 50.2 Å². The van der Waals surface area contributed by atoms with Gasteiger partial charge in [0.05, 0.1) is 12.2 Å². The molecule has 6 heterocycles. The molecular formula is C47H51N11O5. The second kappa shape index (κ2) is 17.0. The number of imide groups is 1. The van der Waals surface area contributed by atoms with Gasteiger partial charge < -0.3 is 29.5 Å². The zero-order valence-electron chi connectivity index (χ0n) is 36.0. The van der Waals surface area contributed by atoms with Gasteiger partial charge in [-0.25, -0.2) is 14.8 Å². The number of benzene rings is 3. The van der Waals surface area contributed by atoms with Gasteiger partial charge in [0.15, 0.2) is 5.82 Å². The maximum Gasteiger partial charge on any atom is 0.328 e. The maximum atomic E-state index is 13.4. The first-order valence-corrected chi connectivity index (χ1v) is 21.5. The minimum atomic E-state index is -0.419. The van der Waals surface area contributed by atoms with E-state index in [1.54, 1.807) is 11.2 Å². The first-order valence-electron chi connectivity index (χ1n) is 21.5. The highest BCUT2D eigenvalue weighted by Gasteiger charge is 2.30. The summed E-state index contributed by atoms with van der Waals surface area (Å²) >= 11 is 0. The van der Waals surface area contributed by atoms with Gasteiger partial charge in [-0.05, 0) is 90.9 Å². The van der Waals surface area contributed by atoms with Crippen LogP contribution in [0.15, 0.2) is 83.6 Å². The SMILES string of the molecule is Cc1cc(-c2ncnc3[nH]c(-c4ccc(N5CCN(CC6CCN(c7ccc(N8CCC(=O)NC8=O)cc7)CC6)C(=O)C5)cc4)cc23)ccc1CNC(=O)c1nc(C(C)(C)C)no1. The third-order valence-electron chi connectivity index (χ3n) is 12.3. The molecule has 0 bridgehead atoms. The van der Waals surface area contributed by atoms with Gasteiger partial charge in [0.1, 0.15) is 12.0 Å². The summed E-state index contributed by atoms with van der Waals surface area (Å²) < 4.78 is 5.19. The van der Waals surface area contributed by atoms with Crippen molar-refractivity contribution in [2.24, 2.45) is 5.92 Å². The zero-order valence-corrected chi connectivity index (χ0v) is 36.0. The molecule has 3 aliphatic heterocycles. The number of aromatic nitrogens is 5. The molecule has 5 amide bonds. The molecule has 9 rings (SSSR count). The number of H-pyrrole nitrogens is 1. The second-order valence-corrected chi connectivity index (χ2v) is 17.7. The van der Waals surface area contributed by atoms with Crippen LogP contribution in [0.4, 0.5) is 21.9 Å². The Hall–Kier alpha value is -7.10. The van der Waals surface area contributed by atoms with Crippen molar-refractivity contribution in [1.82, 2.24) is 40.6 Å². The molecule has 16 heteroatoms. The lowest BCUT2D eigenvalue weighted by molar-refractivity contribution is -0.131. The van der Waals surface area contributed by atoms with Crippen molar-refractivity contribution < 1.29 is 23.7 Å². The van der Waals surface area contributed by atoms with Crippen LogP contribution in [0.2, 0.25) is 0 Å². The van der Waals surface area contributed by atoms with Crippen LogP contribution in [0, 0.1) is 12.8 Å². The number of nitrogens with zero attached hydrogens (tertiary/aromatic N) is 8. The number of piperidine rings is 1. The van der Waals surface area contributed by atoms with Gasteiger partial charge in [-0.2, -0.15) is 4.98 Å². The number of rotatable bonds is 10. The number of carbonyl (C=O) groups is 4. The molecule has 324 valence electrons. The number of nitrogens with one attached hydrogen (secondary N) is 3. The van der Waals surface area contributed by atoms with Crippen molar-refractivity contribution in [3.63, 3.8) is 0 Å². The summed E-state index contributed by atoms with van der Waals surface area (Å²) in [5.41, 5.74) is 8.92. The molecule has 3 aliphatic rings. The molecule has 0 aliphatic carbocycles. The number of aryl methyl sites for hydroxylation is 1. The molecule has 16 nitrogen and oxygen atoms in total. The normalized spacial score (nSPS) is 16.5. The Kier molecular flexibility index (Phi) is 11.1. The van der Waals surface area contributed by atoms with Crippen LogP contribution in [0.25, 0.3) is 33.5 Å². The average molecular weight is 850 g/mol. The number of piperazine rings is 1. The number of aromatic amines is 1. The average Bonchev–Trinajstić information content (AvgIpc) is 3.97. The van der Waals surface area contributed by atoms with Crippen molar-refractivity contribution in [2.45, 2.75) is 58.9 Å². The molecule has 0 saturated carbocycles. The number of urea groups is 1. The summed E-state index contributed by atoms with van der Waals surface area (Å²) in [6.45, 7) is 13.0. The summed E-state index contributed by atoms with van der Waals surface area (Å²) in [4.78, 5) is 75.0. The molecule has 6 aromatic rings. The van der Waals surface area contributed by atoms with E-state index in [4.69, 9.17) is 4.52 Å². The van der Waals surface area contributed by atoms with Crippen molar-refractivity contribution in [2.75, 3.05) is 60.5 Å². The fraction of sp³-hybridized carbons (Fsp3) is 0.362. The summed E-state index contributed by atoms with van der Waals surface area (Å²) in [7, 11) is 0. The van der Waals surface area contributed by atoms with Gasteiger partial charge in [-0.3, -0.25) is 24.6 Å². The first kappa shape index (κ1) is 41.3. The molecule has 3 N–H and O–H groups in total. The highest BCUT2D eigenvalue weighted by Crippen LogP contribution is 2.33. The molecule has 0 unspecified atom stereocenters. The number of hydrogen-bond donors (Lipinski definition) is 3. The topological polar surface area (TPSA) is 186 Å². The van der Waals surface area contributed by atoms with Crippen molar-refractivity contribution in [1.29, 1.82) is 0 Å². The Labute approximate surface area is 365 Å². The van der Waals surface area contributed by atoms with Crippen LogP contribution in [-0.2, 0) is 21.5 Å². The van der Waals surface area contributed by atoms with E-state index in [2.05, 4.69) is 81.9 Å². The predicted molar refractivity (Wildman–Crippen MR) is 239 cm³/mol. The lowest BCUT2D eigenvalue weighted by Gasteiger charge is -2.40. The molecule has 3 aromatic heterocycles. The molecular weight excluding hydrogens is 799 g/mol. The van der Waals surface area contributed by atoms with E-state index in [9.17, 15) is 19.2 Å². The summed E-state index contributed by atoms with van der Waals surface area (Å²) in [6.07, 6.45) is 3.87. The zero-order chi connectivity index (χ0) is 43.8. The van der Waals surface area contributed by atoms with Crippen LogP contribution >= 0.6 is 0 Å². The van der Waals surface area contributed by atoms with E-state index in [1.165, 1.54) is 0 Å². The third-order valence-corrected chi connectivity index (χ3v) is 12.3. The third kappa shape index (κ3) is 8.83. The van der Waals surface area contributed by atoms with E-state index < -0.39 is 5.91 Å². The van der Waals surface area contributed by atoms with Gasteiger partial charge in [-0.15, -0.1) is 0 Å². The van der Waals surface area contributed by atoms with Gasteiger partial charge in [0, 0.05) is 91.4 Å². The predicted octanol–water partition coefficient (Wildman–Crippen LogP) is 6.22. The molecule has 0 spiro atoms. The van der Waals surface area contributed by atoms with Crippen LogP contribution in [0.3, 0.4) is 0 Å². The largest absolute Gasteiger partial charge is 0.372 e. The first-order chi connectivity index (χ1) is 30.4. The molecule has 3 aromatic carbocycles. The number of fused-ring (bicyclic) bond motifs is 1. The molecule has 3 saturated heterocycles. The quantitative estimate of drug-likeness (QED) is 0.142. The Morgan fingerprint density at radius 2 is 1.56 bits per heavy atom. The second-order valence-electron chi connectivity index (χ2n) is 17.7. The number of carbonyl (C=O) groups excluding carboxylic acids is 4. The minimum Gasteiger partial charge on any atom is -0.372 e. The highest BCUT2D eigenvalue weighted by molar-refractivity contribution is 6.05. The lowest BCUT2D eigenvalue weighted by atomic mass is 9.95. The molecule has 0 radical (unpaired) electrons. The van der Waals surface area contributed by atoms with Crippen LogP contribution < -0.4 is 25.3 Å². The molecule has 0 atom stereocenters. The van der Waals surface area contributed by atoms with Crippen LogP contribution in [0.1, 0.15) is 67.7 Å². The number of amides is 5. The molecule has 3 fully saturated rings. The van der Waals surface area contributed by atoms with E-state index in [-0.39, 0.29) is 29.2 Å². The van der Waals surface area contributed by atoms with E-state index in [1.807, 2.05) is 69.0 Å². The van der Waals surface area contributed by atoms with Crippen molar-refractivity contribution >= 4 is 51.8 Å².